The molecule has 1 aromatic rings. The number of esters is 1. The Balaban J connectivity index is 1.38. The lowest BCUT2D eigenvalue weighted by Gasteiger charge is -2.50. The van der Waals surface area contributed by atoms with Gasteiger partial charge in [0.2, 0.25) is 0 Å². The predicted octanol–water partition coefficient (Wildman–Crippen LogP) is 4.09. The maximum Gasteiger partial charge on any atom is 0.340 e. The molecule has 2 amide bonds. The first kappa shape index (κ1) is 22.8. The summed E-state index contributed by atoms with van der Waals surface area (Å²) in [6.45, 7) is 1.90. The van der Waals surface area contributed by atoms with E-state index in [0.717, 1.165) is 38.5 Å². The minimum absolute atomic E-state index is 0.0282. The number of aromatic hydroxyl groups is 1. The summed E-state index contributed by atoms with van der Waals surface area (Å²) in [5.41, 5.74) is 2.55. The molecule has 9 heteroatoms. The number of nitrogens with one attached hydrogen (secondary N) is 1. The van der Waals surface area contributed by atoms with Gasteiger partial charge in [-0.05, 0) is 79.5 Å². The van der Waals surface area contributed by atoms with Crippen LogP contribution in [0.2, 0.25) is 0 Å². The van der Waals surface area contributed by atoms with Crippen molar-refractivity contribution in [3.8, 4) is 5.75 Å². The monoisotopic (exact) mass is 463 g/mol. The lowest BCUT2D eigenvalue weighted by molar-refractivity contribution is -0.156. The molecule has 0 aromatic heterocycles. The summed E-state index contributed by atoms with van der Waals surface area (Å²) in [6.07, 6.45) is 5.74. The van der Waals surface area contributed by atoms with E-state index >= 15 is 0 Å². The molecule has 8 nitrogen and oxygen atoms in total. The number of fused-ring (bicyclic) bond motifs is 5. The van der Waals surface area contributed by atoms with E-state index < -0.39 is 12.0 Å². The summed E-state index contributed by atoms with van der Waals surface area (Å²) in [6, 6.07) is 5.01. The lowest BCUT2D eigenvalue weighted by atomic mass is 9.55. The normalized spacial score (nSPS) is 30.4. The highest BCUT2D eigenvalue weighted by atomic mass is 35.5. The van der Waals surface area contributed by atoms with Crippen LogP contribution in [0.15, 0.2) is 23.5 Å². The Labute approximate surface area is 192 Å². The van der Waals surface area contributed by atoms with E-state index in [9.17, 15) is 19.6 Å². The molecule has 0 radical (unpaired) electrons. The summed E-state index contributed by atoms with van der Waals surface area (Å²) in [4.78, 5) is 35.1. The van der Waals surface area contributed by atoms with Crippen LogP contribution in [-0.4, -0.2) is 47.2 Å². The van der Waals surface area contributed by atoms with E-state index in [-0.39, 0.29) is 30.5 Å². The number of phenols is 1. The zero-order valence-electron chi connectivity index (χ0n) is 18.3. The number of phenolic OH excluding ortho intramolecular Hbond substituents is 1. The van der Waals surface area contributed by atoms with Crippen molar-refractivity contribution in [1.82, 2.24) is 10.3 Å². The number of carbonyl (C=O) groups excluding carboxylic acids is 2. The van der Waals surface area contributed by atoms with Crippen LogP contribution in [0.1, 0.15) is 56.1 Å². The Kier molecular flexibility index (Phi) is 6.60. The van der Waals surface area contributed by atoms with E-state index in [1.54, 1.807) is 6.07 Å². The van der Waals surface area contributed by atoms with Crippen molar-refractivity contribution in [3.63, 3.8) is 0 Å². The SMILES string of the molecule is C[C@]12CC[C@@H]3c4ccc(O)cc4CC[C@H]3[C@@H]1CC[C@@H]2OC(=O)CNC(=O)N(CCCl)N=O. The quantitative estimate of drug-likeness (QED) is 0.286. The molecule has 1 aromatic carbocycles. The molecule has 0 spiro atoms. The Morgan fingerprint density at radius 3 is 2.88 bits per heavy atom. The van der Waals surface area contributed by atoms with Crippen molar-refractivity contribution < 1.29 is 19.4 Å². The Morgan fingerprint density at radius 1 is 1.31 bits per heavy atom. The number of alkyl halides is 1. The van der Waals surface area contributed by atoms with E-state index in [1.165, 1.54) is 11.1 Å². The lowest BCUT2D eigenvalue weighted by Crippen LogP contribution is -2.46. The van der Waals surface area contributed by atoms with Crippen LogP contribution in [0.4, 0.5) is 4.79 Å². The number of urea groups is 1. The van der Waals surface area contributed by atoms with Crippen molar-refractivity contribution in [2.75, 3.05) is 19.0 Å². The van der Waals surface area contributed by atoms with Gasteiger partial charge in [-0.3, -0.25) is 4.79 Å². The van der Waals surface area contributed by atoms with Gasteiger partial charge >= 0.3 is 12.0 Å². The molecule has 4 rings (SSSR count). The summed E-state index contributed by atoms with van der Waals surface area (Å²) >= 11 is 5.54. The molecular weight excluding hydrogens is 434 g/mol. The van der Waals surface area contributed by atoms with Crippen LogP contribution in [-0.2, 0) is 16.0 Å². The smallest absolute Gasteiger partial charge is 0.340 e. The van der Waals surface area contributed by atoms with Crippen LogP contribution in [0.3, 0.4) is 0 Å². The van der Waals surface area contributed by atoms with E-state index in [1.807, 2.05) is 6.07 Å². The highest BCUT2D eigenvalue weighted by Gasteiger charge is 2.56. The summed E-state index contributed by atoms with van der Waals surface area (Å²) in [5.74, 6) is 1.42. The first-order valence-corrected chi connectivity index (χ1v) is 11.9. The molecule has 2 saturated carbocycles. The molecule has 3 aliphatic carbocycles. The van der Waals surface area contributed by atoms with Gasteiger partial charge in [0.25, 0.3) is 0 Å². The zero-order valence-corrected chi connectivity index (χ0v) is 19.0. The van der Waals surface area contributed by atoms with E-state index in [2.05, 4.69) is 23.6 Å². The number of nitrogens with zero attached hydrogens (tertiary/aromatic N) is 2. The predicted molar refractivity (Wildman–Crippen MR) is 119 cm³/mol. The molecule has 5 atom stereocenters. The molecular formula is C23H30ClN3O5. The van der Waals surface area contributed by atoms with E-state index in [4.69, 9.17) is 16.3 Å². The number of amides is 2. The Hall–Kier alpha value is -2.35. The minimum atomic E-state index is -0.763. The Morgan fingerprint density at radius 2 is 2.12 bits per heavy atom. The Bertz CT molecular complexity index is 896. The van der Waals surface area contributed by atoms with Gasteiger partial charge < -0.3 is 15.2 Å². The van der Waals surface area contributed by atoms with Crippen LogP contribution >= 0.6 is 11.6 Å². The van der Waals surface area contributed by atoms with Gasteiger partial charge in [-0.15, -0.1) is 16.5 Å². The second-order valence-electron chi connectivity index (χ2n) is 9.45. The average molecular weight is 464 g/mol. The van der Waals surface area contributed by atoms with Gasteiger partial charge in [-0.1, -0.05) is 13.0 Å². The van der Waals surface area contributed by atoms with Crippen LogP contribution in [0.5, 0.6) is 5.75 Å². The maximum atomic E-state index is 12.5. The topological polar surface area (TPSA) is 108 Å². The van der Waals surface area contributed by atoms with Gasteiger partial charge in [0.15, 0.2) is 0 Å². The fourth-order valence-corrected chi connectivity index (χ4v) is 6.57. The van der Waals surface area contributed by atoms with Gasteiger partial charge in [-0.2, -0.15) is 5.01 Å². The second-order valence-corrected chi connectivity index (χ2v) is 9.83. The van der Waals surface area contributed by atoms with Crippen molar-refractivity contribution in [3.05, 3.63) is 34.2 Å². The largest absolute Gasteiger partial charge is 0.508 e. The molecule has 0 bridgehead atoms. The number of carbonyl (C=O) groups is 2. The molecule has 0 unspecified atom stereocenters. The minimum Gasteiger partial charge on any atom is -0.508 e. The van der Waals surface area contributed by atoms with E-state index in [0.29, 0.717) is 28.5 Å². The zero-order chi connectivity index (χ0) is 22.9. The summed E-state index contributed by atoms with van der Waals surface area (Å²) < 4.78 is 5.83. The number of hydrogen-bond acceptors (Lipinski definition) is 6. The number of nitroso groups, excluding NO2 is 1. The fraction of sp³-hybridized carbons (Fsp3) is 0.652. The van der Waals surface area contributed by atoms with Gasteiger partial charge in [0.1, 0.15) is 18.4 Å². The number of ether oxygens (including phenoxy) is 1. The van der Waals surface area contributed by atoms with Gasteiger partial charge in [0, 0.05) is 11.3 Å². The van der Waals surface area contributed by atoms with Crippen LogP contribution in [0, 0.1) is 22.2 Å². The number of aryl methyl sites for hydroxylation is 1. The highest BCUT2D eigenvalue weighted by molar-refractivity contribution is 6.18. The molecule has 3 aliphatic rings. The molecule has 0 aliphatic heterocycles. The second kappa shape index (κ2) is 9.25. The summed E-state index contributed by atoms with van der Waals surface area (Å²) in [7, 11) is 0. The molecule has 0 saturated heterocycles. The standard InChI is InChI=1S/C23H30ClN3O5/c1-23-9-8-17-16-5-3-15(28)12-14(16)2-4-18(17)19(23)6-7-20(23)32-21(29)13-25-22(30)27(26-31)11-10-24/h3,5,12,17-20,28H,2,4,6-11,13H2,1H3,(H,25,30)/t17-,18-,19+,20+,23+/m1/s1. The third-order valence-corrected chi connectivity index (χ3v) is 8.08. The number of rotatable bonds is 6. The maximum absolute atomic E-state index is 12.5. The first-order valence-electron chi connectivity index (χ1n) is 11.3. The van der Waals surface area contributed by atoms with Crippen LogP contribution in [0.25, 0.3) is 0 Å². The molecule has 2 N–H and O–H groups in total. The van der Waals surface area contributed by atoms with Crippen molar-refractivity contribution in [2.45, 2.75) is 57.5 Å². The fourth-order valence-electron chi connectivity index (χ4n) is 6.41. The third-order valence-electron chi connectivity index (χ3n) is 7.91. The highest BCUT2D eigenvalue weighted by Crippen LogP contribution is 2.61. The van der Waals surface area contributed by atoms with Crippen LogP contribution < -0.4 is 5.32 Å². The number of hydrogen-bond donors (Lipinski definition) is 2. The van der Waals surface area contributed by atoms with Gasteiger partial charge in [-0.25, -0.2) is 4.79 Å². The van der Waals surface area contributed by atoms with Crippen molar-refractivity contribution >= 4 is 23.6 Å². The molecule has 2 fully saturated rings. The average Bonchev–Trinajstić information content (AvgIpc) is 3.11. The molecule has 174 valence electrons. The van der Waals surface area contributed by atoms with Crippen molar-refractivity contribution in [2.24, 2.45) is 22.5 Å². The number of halogens is 1. The van der Waals surface area contributed by atoms with Crippen molar-refractivity contribution in [1.29, 1.82) is 0 Å². The van der Waals surface area contributed by atoms with Gasteiger partial charge in [0.05, 0.1) is 11.8 Å². The molecule has 32 heavy (non-hydrogen) atoms. The molecule has 0 heterocycles. The third kappa shape index (κ3) is 4.17. The first-order chi connectivity index (χ1) is 15.4. The number of benzene rings is 1. The summed E-state index contributed by atoms with van der Waals surface area (Å²) in [5, 5.41) is 15.5.